The van der Waals surface area contributed by atoms with E-state index in [0.717, 1.165) is 6.42 Å². The van der Waals surface area contributed by atoms with E-state index in [2.05, 4.69) is 60.6 Å². The van der Waals surface area contributed by atoms with Crippen LogP contribution in [0.4, 0.5) is 0 Å². The van der Waals surface area contributed by atoms with Gasteiger partial charge in [-0.05, 0) is 35.3 Å². The van der Waals surface area contributed by atoms with Crippen molar-refractivity contribution in [2.75, 3.05) is 0 Å². The molecule has 1 aromatic rings. The van der Waals surface area contributed by atoms with Crippen LogP contribution in [0.2, 0.25) is 0 Å². The molecule has 1 aromatic heterocycles. The maximum absolute atomic E-state index is 6.36. The largest absolute Gasteiger partial charge is 0.323 e. The van der Waals surface area contributed by atoms with Gasteiger partial charge in [-0.15, -0.1) is 11.3 Å². The van der Waals surface area contributed by atoms with Crippen molar-refractivity contribution < 1.29 is 0 Å². The summed E-state index contributed by atoms with van der Waals surface area (Å²) < 4.78 is 0. The molecule has 0 aliphatic carbocycles. The minimum absolute atomic E-state index is 0.181. The van der Waals surface area contributed by atoms with Crippen LogP contribution in [0.3, 0.4) is 0 Å². The number of hydrogen-bond donors (Lipinski definition) is 1. The van der Waals surface area contributed by atoms with Crippen molar-refractivity contribution in [3.8, 4) is 0 Å². The standard InChI is InChI=1S/C16H29NS/c1-11(15(2,3)4)10-12(17)13-8-9-14(18-13)16(5,6)7/h8-9,11-12H,10,17H2,1-7H3. The molecular formula is C16H29NS. The molecule has 0 aliphatic rings. The summed E-state index contributed by atoms with van der Waals surface area (Å²) in [4.78, 5) is 2.76. The summed E-state index contributed by atoms with van der Waals surface area (Å²) in [5, 5.41) is 0. The first-order valence-corrected chi connectivity index (χ1v) is 7.69. The third kappa shape index (κ3) is 4.10. The van der Waals surface area contributed by atoms with Gasteiger partial charge in [0.1, 0.15) is 0 Å². The molecule has 0 spiro atoms. The van der Waals surface area contributed by atoms with Crippen LogP contribution in [0.5, 0.6) is 0 Å². The smallest absolute Gasteiger partial charge is 0.0392 e. The first-order valence-electron chi connectivity index (χ1n) is 6.87. The van der Waals surface area contributed by atoms with Crippen molar-refractivity contribution in [1.82, 2.24) is 0 Å². The number of nitrogens with two attached hydrogens (primary N) is 1. The Hall–Kier alpha value is -0.340. The van der Waals surface area contributed by atoms with Crippen molar-refractivity contribution in [2.24, 2.45) is 17.1 Å². The van der Waals surface area contributed by atoms with Gasteiger partial charge in [-0.25, -0.2) is 0 Å². The minimum Gasteiger partial charge on any atom is -0.323 e. The lowest BCUT2D eigenvalue weighted by molar-refractivity contribution is 0.234. The Labute approximate surface area is 117 Å². The average Bonchev–Trinajstić information content (AvgIpc) is 2.63. The minimum atomic E-state index is 0.181. The highest BCUT2D eigenvalue weighted by Gasteiger charge is 2.24. The zero-order valence-corrected chi connectivity index (χ0v) is 13.8. The first kappa shape index (κ1) is 15.7. The normalized spacial score (nSPS) is 16.7. The van der Waals surface area contributed by atoms with E-state index in [9.17, 15) is 0 Å². The fourth-order valence-electron chi connectivity index (χ4n) is 1.81. The van der Waals surface area contributed by atoms with Crippen LogP contribution in [0.15, 0.2) is 12.1 Å². The molecule has 1 nitrogen and oxygen atoms in total. The Balaban J connectivity index is 2.74. The predicted octanol–water partition coefficient (Wildman–Crippen LogP) is 5.12. The molecule has 0 fully saturated rings. The number of thiophene rings is 1. The zero-order valence-electron chi connectivity index (χ0n) is 13.0. The van der Waals surface area contributed by atoms with E-state index >= 15 is 0 Å². The van der Waals surface area contributed by atoms with Crippen molar-refractivity contribution in [3.63, 3.8) is 0 Å². The summed E-state index contributed by atoms with van der Waals surface area (Å²) in [6.07, 6.45) is 1.06. The number of rotatable bonds is 3. The molecular weight excluding hydrogens is 238 g/mol. The van der Waals surface area contributed by atoms with E-state index in [1.807, 2.05) is 11.3 Å². The van der Waals surface area contributed by atoms with Gasteiger partial charge in [-0.2, -0.15) is 0 Å². The molecule has 0 saturated heterocycles. The summed E-state index contributed by atoms with van der Waals surface area (Å²) in [6, 6.07) is 4.63. The Morgan fingerprint density at radius 3 is 2.06 bits per heavy atom. The highest BCUT2D eigenvalue weighted by Crippen LogP contribution is 2.36. The first-order chi connectivity index (χ1) is 8.01. The zero-order chi connectivity index (χ0) is 14.1. The second kappa shape index (κ2) is 5.34. The van der Waals surface area contributed by atoms with Crippen LogP contribution in [-0.2, 0) is 5.41 Å². The van der Waals surface area contributed by atoms with Crippen LogP contribution < -0.4 is 5.73 Å². The van der Waals surface area contributed by atoms with Gasteiger partial charge in [0.25, 0.3) is 0 Å². The van der Waals surface area contributed by atoms with Crippen LogP contribution in [0.25, 0.3) is 0 Å². The van der Waals surface area contributed by atoms with Crippen molar-refractivity contribution >= 4 is 11.3 Å². The molecule has 2 unspecified atom stereocenters. The van der Waals surface area contributed by atoms with Crippen molar-refractivity contribution in [3.05, 3.63) is 21.9 Å². The van der Waals surface area contributed by atoms with Gasteiger partial charge in [-0.1, -0.05) is 48.5 Å². The van der Waals surface area contributed by atoms with E-state index < -0.39 is 0 Å². The third-order valence-electron chi connectivity index (χ3n) is 3.82. The van der Waals surface area contributed by atoms with Gasteiger partial charge >= 0.3 is 0 Å². The Morgan fingerprint density at radius 2 is 1.67 bits per heavy atom. The molecule has 0 aromatic carbocycles. The summed E-state index contributed by atoms with van der Waals surface area (Å²) >= 11 is 1.88. The van der Waals surface area contributed by atoms with E-state index in [-0.39, 0.29) is 11.5 Å². The number of hydrogen-bond acceptors (Lipinski definition) is 2. The Morgan fingerprint density at radius 1 is 1.11 bits per heavy atom. The SMILES string of the molecule is CC(CC(N)c1ccc(C(C)(C)C)s1)C(C)(C)C. The molecule has 18 heavy (non-hydrogen) atoms. The molecule has 2 heteroatoms. The Kier molecular flexibility index (Phi) is 4.66. The van der Waals surface area contributed by atoms with E-state index in [0.29, 0.717) is 11.3 Å². The van der Waals surface area contributed by atoms with Crippen molar-refractivity contribution in [1.29, 1.82) is 0 Å². The molecule has 2 atom stereocenters. The molecule has 1 heterocycles. The Bertz CT molecular complexity index is 379. The molecule has 2 N–H and O–H groups in total. The van der Waals surface area contributed by atoms with Crippen LogP contribution in [0, 0.1) is 11.3 Å². The van der Waals surface area contributed by atoms with Gasteiger partial charge in [0, 0.05) is 15.8 Å². The van der Waals surface area contributed by atoms with Crippen molar-refractivity contribution in [2.45, 2.75) is 66.3 Å². The molecule has 0 saturated carbocycles. The predicted molar refractivity (Wildman–Crippen MR) is 83.2 cm³/mol. The second-order valence-corrected chi connectivity index (χ2v) is 8.68. The maximum Gasteiger partial charge on any atom is 0.0392 e. The summed E-state index contributed by atoms with van der Waals surface area (Å²) in [5.74, 6) is 0.632. The third-order valence-corrected chi connectivity index (χ3v) is 5.46. The summed E-state index contributed by atoms with van der Waals surface area (Å²) in [5.41, 5.74) is 6.93. The highest BCUT2D eigenvalue weighted by atomic mass is 32.1. The lowest BCUT2D eigenvalue weighted by Gasteiger charge is -2.29. The molecule has 1 rings (SSSR count). The lowest BCUT2D eigenvalue weighted by atomic mass is 9.78. The van der Waals surface area contributed by atoms with Crippen LogP contribution in [0.1, 0.15) is 70.7 Å². The van der Waals surface area contributed by atoms with Gasteiger partial charge in [-0.3, -0.25) is 0 Å². The molecule has 0 aliphatic heterocycles. The fourth-order valence-corrected chi connectivity index (χ4v) is 2.89. The monoisotopic (exact) mass is 267 g/mol. The summed E-state index contributed by atoms with van der Waals surface area (Å²) in [6.45, 7) is 15.9. The van der Waals surface area contributed by atoms with Gasteiger partial charge in [0.2, 0.25) is 0 Å². The summed E-state index contributed by atoms with van der Waals surface area (Å²) in [7, 11) is 0. The topological polar surface area (TPSA) is 26.0 Å². The van der Waals surface area contributed by atoms with Crippen LogP contribution in [-0.4, -0.2) is 0 Å². The van der Waals surface area contributed by atoms with Gasteiger partial charge in [0.05, 0.1) is 0 Å². The molecule has 0 radical (unpaired) electrons. The van der Waals surface area contributed by atoms with E-state index in [1.54, 1.807) is 0 Å². The molecule has 104 valence electrons. The second-order valence-electron chi connectivity index (χ2n) is 7.56. The van der Waals surface area contributed by atoms with Gasteiger partial charge < -0.3 is 5.73 Å². The maximum atomic E-state index is 6.36. The fraction of sp³-hybridized carbons (Fsp3) is 0.750. The quantitative estimate of drug-likeness (QED) is 0.808. The lowest BCUT2D eigenvalue weighted by Crippen LogP contribution is -2.22. The van der Waals surface area contributed by atoms with E-state index in [1.165, 1.54) is 9.75 Å². The van der Waals surface area contributed by atoms with E-state index in [4.69, 9.17) is 5.73 Å². The van der Waals surface area contributed by atoms with Crippen LogP contribution >= 0.6 is 11.3 Å². The molecule has 0 amide bonds. The molecule has 0 bridgehead atoms. The highest BCUT2D eigenvalue weighted by molar-refractivity contribution is 7.12. The average molecular weight is 267 g/mol. The van der Waals surface area contributed by atoms with Gasteiger partial charge in [0.15, 0.2) is 0 Å².